The Bertz CT molecular complexity index is 704. The van der Waals surface area contributed by atoms with Gasteiger partial charge in [-0.3, -0.25) is 0 Å². The third kappa shape index (κ3) is 5.01. The van der Waals surface area contributed by atoms with E-state index < -0.39 is 0 Å². The molecule has 1 atom stereocenters. The van der Waals surface area contributed by atoms with Crippen LogP contribution < -0.4 is 15.5 Å². The van der Waals surface area contributed by atoms with E-state index in [1.165, 1.54) is 0 Å². The Morgan fingerprint density at radius 3 is 2.54 bits per heavy atom. The smallest absolute Gasteiger partial charge is 0.315 e. The highest BCUT2D eigenvalue weighted by Gasteiger charge is 2.11. The molecule has 2 aromatic rings. The van der Waals surface area contributed by atoms with Crippen molar-refractivity contribution in [2.24, 2.45) is 0 Å². The number of hydrogen-bond donors (Lipinski definition) is 2. The lowest BCUT2D eigenvalue weighted by Crippen LogP contribution is -2.36. The second-order valence-corrected chi connectivity index (χ2v) is 6.46. The Labute approximate surface area is 152 Å². The monoisotopic (exact) mass is 366 g/mol. The van der Waals surface area contributed by atoms with Gasteiger partial charge in [-0.05, 0) is 36.2 Å². The molecule has 2 amide bonds. The first-order chi connectivity index (χ1) is 11.4. The van der Waals surface area contributed by atoms with Crippen LogP contribution in [0.4, 0.5) is 10.6 Å². The van der Waals surface area contributed by atoms with Crippen LogP contribution >= 0.6 is 23.2 Å². The molecule has 0 saturated heterocycles. The van der Waals surface area contributed by atoms with Crippen LogP contribution in [0.3, 0.4) is 0 Å². The van der Waals surface area contributed by atoms with E-state index in [-0.39, 0.29) is 12.1 Å². The maximum atomic E-state index is 12.0. The van der Waals surface area contributed by atoms with E-state index in [9.17, 15) is 4.79 Å². The maximum Gasteiger partial charge on any atom is 0.315 e. The van der Waals surface area contributed by atoms with Crippen LogP contribution in [0, 0.1) is 0 Å². The van der Waals surface area contributed by atoms with Crippen LogP contribution in [0.25, 0.3) is 0 Å². The average molecular weight is 367 g/mol. The van der Waals surface area contributed by atoms with Crippen molar-refractivity contribution in [2.45, 2.75) is 19.5 Å². The summed E-state index contributed by atoms with van der Waals surface area (Å²) in [5.41, 5.74) is 1.81. The fraction of sp³-hybridized carbons (Fsp3) is 0.294. The lowest BCUT2D eigenvalue weighted by molar-refractivity contribution is 0.237. The number of rotatable bonds is 5. The first-order valence-corrected chi connectivity index (χ1v) is 8.24. The van der Waals surface area contributed by atoms with Gasteiger partial charge in [-0.2, -0.15) is 0 Å². The Morgan fingerprint density at radius 2 is 1.96 bits per heavy atom. The van der Waals surface area contributed by atoms with Gasteiger partial charge in [0.15, 0.2) is 0 Å². The summed E-state index contributed by atoms with van der Waals surface area (Å²) >= 11 is 11.9. The topological polar surface area (TPSA) is 57.3 Å². The van der Waals surface area contributed by atoms with Crippen LogP contribution in [-0.4, -0.2) is 25.1 Å². The van der Waals surface area contributed by atoms with Gasteiger partial charge in [0, 0.05) is 26.8 Å². The highest BCUT2D eigenvalue weighted by atomic mass is 35.5. The fourth-order valence-electron chi connectivity index (χ4n) is 2.08. The third-order valence-corrected chi connectivity index (χ3v) is 4.25. The molecule has 5 nitrogen and oxygen atoms in total. The summed E-state index contributed by atoms with van der Waals surface area (Å²) in [6.45, 7) is 2.28. The molecule has 0 radical (unpaired) electrons. The van der Waals surface area contributed by atoms with E-state index in [1.54, 1.807) is 18.3 Å². The van der Waals surface area contributed by atoms with Gasteiger partial charge in [0.25, 0.3) is 0 Å². The van der Waals surface area contributed by atoms with Crippen molar-refractivity contribution in [1.82, 2.24) is 15.6 Å². The van der Waals surface area contributed by atoms with Crippen LogP contribution in [-0.2, 0) is 6.54 Å². The number of nitrogens with one attached hydrogen (secondary N) is 2. The predicted molar refractivity (Wildman–Crippen MR) is 98.8 cm³/mol. The third-order valence-electron chi connectivity index (χ3n) is 3.51. The van der Waals surface area contributed by atoms with Crippen molar-refractivity contribution in [3.63, 3.8) is 0 Å². The van der Waals surface area contributed by atoms with Crippen molar-refractivity contribution in [3.05, 3.63) is 57.7 Å². The van der Waals surface area contributed by atoms with E-state index in [4.69, 9.17) is 23.2 Å². The Hall–Kier alpha value is -1.98. The lowest BCUT2D eigenvalue weighted by atomic mass is 10.1. The molecule has 1 aromatic heterocycles. The molecule has 0 aliphatic heterocycles. The number of carbonyl (C=O) groups is 1. The van der Waals surface area contributed by atoms with Crippen molar-refractivity contribution in [1.29, 1.82) is 0 Å². The molecule has 7 heteroatoms. The first kappa shape index (κ1) is 18.4. The molecule has 0 saturated carbocycles. The minimum absolute atomic E-state index is 0.186. The molecule has 0 fully saturated rings. The normalized spacial score (nSPS) is 11.7. The minimum Gasteiger partial charge on any atom is -0.363 e. The average Bonchev–Trinajstić information content (AvgIpc) is 2.55. The molecule has 2 N–H and O–H groups in total. The quantitative estimate of drug-likeness (QED) is 0.840. The van der Waals surface area contributed by atoms with E-state index in [2.05, 4.69) is 15.6 Å². The summed E-state index contributed by atoms with van der Waals surface area (Å²) in [4.78, 5) is 18.2. The molecule has 128 valence electrons. The molecule has 0 spiro atoms. The maximum absolute atomic E-state index is 12.0. The number of benzene rings is 1. The number of amides is 2. The van der Waals surface area contributed by atoms with Crippen LogP contribution in [0.2, 0.25) is 10.0 Å². The second-order valence-electron chi connectivity index (χ2n) is 5.64. The van der Waals surface area contributed by atoms with E-state index in [0.717, 1.165) is 16.9 Å². The first-order valence-electron chi connectivity index (χ1n) is 7.48. The van der Waals surface area contributed by atoms with Crippen molar-refractivity contribution in [2.75, 3.05) is 19.0 Å². The van der Waals surface area contributed by atoms with E-state index in [1.807, 2.05) is 44.1 Å². The molecule has 1 heterocycles. The van der Waals surface area contributed by atoms with Crippen molar-refractivity contribution in [3.8, 4) is 0 Å². The SMILES string of the molecule is CC(NC(=O)NCc1ccc(N(C)C)nc1)c1ccc(Cl)c(Cl)c1. The highest BCUT2D eigenvalue weighted by Crippen LogP contribution is 2.25. The molecule has 0 aliphatic rings. The molecular weight excluding hydrogens is 347 g/mol. The van der Waals surface area contributed by atoms with Gasteiger partial charge < -0.3 is 15.5 Å². The number of halogens is 2. The zero-order chi connectivity index (χ0) is 17.7. The summed E-state index contributed by atoms with van der Waals surface area (Å²) in [6, 6.07) is 8.70. The number of hydrogen-bond acceptors (Lipinski definition) is 3. The second kappa shape index (κ2) is 8.22. The minimum atomic E-state index is -0.259. The standard InChI is InChI=1S/C17H20Cl2N4O/c1-11(13-5-6-14(18)15(19)8-13)22-17(24)21-10-12-4-7-16(20-9-12)23(2)3/h4-9,11H,10H2,1-3H3,(H2,21,22,24). The molecule has 0 bridgehead atoms. The Kier molecular flexibility index (Phi) is 6.29. The predicted octanol–water partition coefficient (Wildman–Crippen LogP) is 4.01. The molecule has 1 aromatic carbocycles. The summed E-state index contributed by atoms with van der Waals surface area (Å²) in [5.74, 6) is 0.872. The van der Waals surface area contributed by atoms with Gasteiger partial charge in [0.1, 0.15) is 5.82 Å². The van der Waals surface area contributed by atoms with Gasteiger partial charge >= 0.3 is 6.03 Å². The van der Waals surface area contributed by atoms with Gasteiger partial charge in [-0.15, -0.1) is 0 Å². The number of anilines is 1. The van der Waals surface area contributed by atoms with Gasteiger partial charge in [0.05, 0.1) is 16.1 Å². The van der Waals surface area contributed by atoms with Crippen LogP contribution in [0.1, 0.15) is 24.1 Å². The zero-order valence-corrected chi connectivity index (χ0v) is 15.3. The lowest BCUT2D eigenvalue weighted by Gasteiger charge is -2.16. The van der Waals surface area contributed by atoms with Crippen LogP contribution in [0.5, 0.6) is 0 Å². The molecular formula is C17H20Cl2N4O. The summed E-state index contributed by atoms with van der Waals surface area (Å²) in [7, 11) is 3.86. The molecule has 0 aliphatic carbocycles. The van der Waals surface area contributed by atoms with Gasteiger partial charge in [-0.25, -0.2) is 9.78 Å². The number of carbonyl (C=O) groups excluding carboxylic acids is 1. The van der Waals surface area contributed by atoms with E-state index >= 15 is 0 Å². The highest BCUT2D eigenvalue weighted by molar-refractivity contribution is 6.42. The molecule has 1 unspecified atom stereocenters. The zero-order valence-electron chi connectivity index (χ0n) is 13.8. The summed E-state index contributed by atoms with van der Waals surface area (Å²) < 4.78 is 0. The number of pyridine rings is 1. The van der Waals surface area contributed by atoms with E-state index in [0.29, 0.717) is 16.6 Å². The summed E-state index contributed by atoms with van der Waals surface area (Å²) in [5, 5.41) is 6.63. The Morgan fingerprint density at radius 1 is 1.21 bits per heavy atom. The largest absolute Gasteiger partial charge is 0.363 e. The number of nitrogens with zero attached hydrogens (tertiary/aromatic N) is 2. The number of urea groups is 1. The Balaban J connectivity index is 1.87. The molecule has 24 heavy (non-hydrogen) atoms. The fourth-order valence-corrected chi connectivity index (χ4v) is 2.39. The molecule has 2 rings (SSSR count). The van der Waals surface area contributed by atoms with Gasteiger partial charge in [0.2, 0.25) is 0 Å². The van der Waals surface area contributed by atoms with Crippen molar-refractivity contribution >= 4 is 35.1 Å². The summed E-state index contributed by atoms with van der Waals surface area (Å²) in [6.07, 6.45) is 1.75. The van der Waals surface area contributed by atoms with Gasteiger partial charge in [-0.1, -0.05) is 35.3 Å². The van der Waals surface area contributed by atoms with Crippen LogP contribution in [0.15, 0.2) is 36.5 Å². The van der Waals surface area contributed by atoms with Crippen molar-refractivity contribution < 1.29 is 4.79 Å². The number of aromatic nitrogens is 1.